The first-order chi connectivity index (χ1) is 10.2. The van der Waals surface area contributed by atoms with Crippen molar-refractivity contribution in [3.05, 3.63) is 28.3 Å². The molecule has 0 aromatic heterocycles. The molecule has 0 aliphatic carbocycles. The van der Waals surface area contributed by atoms with Gasteiger partial charge in [-0.2, -0.15) is 0 Å². The summed E-state index contributed by atoms with van der Waals surface area (Å²) < 4.78 is 15.2. The summed E-state index contributed by atoms with van der Waals surface area (Å²) in [5.41, 5.74) is 0.441. The van der Waals surface area contributed by atoms with Gasteiger partial charge in [-0.1, -0.05) is 6.07 Å². The number of rotatable bonds is 11. The zero-order valence-electron chi connectivity index (χ0n) is 12.5. The van der Waals surface area contributed by atoms with Crippen LogP contribution in [-0.4, -0.2) is 45.5 Å². The van der Waals surface area contributed by atoms with Crippen molar-refractivity contribution in [2.24, 2.45) is 0 Å². The molecule has 1 N–H and O–H groups in total. The molecule has 0 spiro atoms. The molecule has 0 unspecified atom stereocenters. The number of benzene rings is 1. The monoisotopic (exact) mass is 298 g/mol. The van der Waals surface area contributed by atoms with Crippen molar-refractivity contribution < 1.29 is 19.1 Å². The SMILES string of the molecule is COCCOCCCCNc1cccc(OC)c1[N+](=O)[O-]. The van der Waals surface area contributed by atoms with E-state index in [0.29, 0.717) is 32.1 Å². The number of unbranched alkanes of at least 4 members (excludes halogenated alkanes) is 1. The number of nitro groups is 1. The lowest BCUT2D eigenvalue weighted by Crippen LogP contribution is -2.07. The second-order valence-electron chi connectivity index (χ2n) is 4.35. The molecule has 0 heterocycles. The lowest BCUT2D eigenvalue weighted by atomic mass is 10.2. The first kappa shape index (κ1) is 17.2. The Balaban J connectivity index is 2.37. The Morgan fingerprint density at radius 3 is 2.67 bits per heavy atom. The van der Waals surface area contributed by atoms with E-state index in [1.54, 1.807) is 25.3 Å². The smallest absolute Gasteiger partial charge is 0.333 e. The first-order valence-corrected chi connectivity index (χ1v) is 6.82. The first-order valence-electron chi connectivity index (χ1n) is 6.82. The number of hydrogen-bond donors (Lipinski definition) is 1. The summed E-state index contributed by atoms with van der Waals surface area (Å²) in [6.07, 6.45) is 1.75. The fourth-order valence-corrected chi connectivity index (χ4v) is 1.81. The van der Waals surface area contributed by atoms with E-state index in [9.17, 15) is 10.1 Å². The van der Waals surface area contributed by atoms with Gasteiger partial charge in [0.05, 0.1) is 25.2 Å². The van der Waals surface area contributed by atoms with Crippen molar-refractivity contribution in [1.29, 1.82) is 0 Å². The molecule has 0 amide bonds. The second-order valence-corrected chi connectivity index (χ2v) is 4.35. The summed E-state index contributed by atoms with van der Waals surface area (Å²) in [5, 5.41) is 14.2. The molecular weight excluding hydrogens is 276 g/mol. The summed E-state index contributed by atoms with van der Waals surface area (Å²) in [4.78, 5) is 10.7. The zero-order valence-corrected chi connectivity index (χ0v) is 12.5. The number of nitro benzene ring substituents is 1. The van der Waals surface area contributed by atoms with E-state index in [1.165, 1.54) is 7.11 Å². The number of ether oxygens (including phenoxy) is 3. The van der Waals surface area contributed by atoms with Crippen molar-refractivity contribution in [2.45, 2.75) is 12.8 Å². The summed E-state index contributed by atoms with van der Waals surface area (Å²) in [5.74, 6) is 0.257. The highest BCUT2D eigenvalue weighted by atomic mass is 16.6. The van der Waals surface area contributed by atoms with Gasteiger partial charge in [0.2, 0.25) is 0 Å². The Bertz CT molecular complexity index is 439. The Kier molecular flexibility index (Phi) is 8.15. The predicted octanol–water partition coefficient (Wildman–Crippen LogP) is 2.46. The lowest BCUT2D eigenvalue weighted by molar-refractivity contribution is -0.384. The molecule has 0 fully saturated rings. The van der Waals surface area contributed by atoms with Gasteiger partial charge in [0.25, 0.3) is 0 Å². The highest BCUT2D eigenvalue weighted by Gasteiger charge is 2.19. The molecule has 1 aromatic carbocycles. The van der Waals surface area contributed by atoms with E-state index in [-0.39, 0.29) is 11.4 Å². The minimum Gasteiger partial charge on any atom is -0.490 e. The van der Waals surface area contributed by atoms with Crippen molar-refractivity contribution >= 4 is 11.4 Å². The van der Waals surface area contributed by atoms with Gasteiger partial charge in [-0.15, -0.1) is 0 Å². The van der Waals surface area contributed by atoms with E-state index >= 15 is 0 Å². The van der Waals surface area contributed by atoms with Crippen LogP contribution in [0.3, 0.4) is 0 Å². The Labute approximate surface area is 124 Å². The number of para-hydroxylation sites is 1. The molecule has 0 saturated heterocycles. The molecule has 7 heteroatoms. The van der Waals surface area contributed by atoms with Crippen molar-refractivity contribution in [2.75, 3.05) is 45.9 Å². The van der Waals surface area contributed by atoms with Gasteiger partial charge in [-0.25, -0.2) is 0 Å². The van der Waals surface area contributed by atoms with Crippen LogP contribution in [0.15, 0.2) is 18.2 Å². The van der Waals surface area contributed by atoms with Crippen LogP contribution >= 0.6 is 0 Å². The van der Waals surface area contributed by atoms with Crippen LogP contribution in [0.2, 0.25) is 0 Å². The van der Waals surface area contributed by atoms with Crippen LogP contribution < -0.4 is 10.1 Å². The third kappa shape index (κ3) is 5.97. The average Bonchev–Trinajstić information content (AvgIpc) is 2.49. The van der Waals surface area contributed by atoms with Gasteiger partial charge in [0.15, 0.2) is 5.75 Å². The summed E-state index contributed by atoms with van der Waals surface area (Å²) >= 11 is 0. The van der Waals surface area contributed by atoms with Crippen LogP contribution in [-0.2, 0) is 9.47 Å². The molecule has 1 rings (SSSR count). The summed E-state index contributed by atoms with van der Waals surface area (Å²) in [7, 11) is 3.05. The lowest BCUT2D eigenvalue weighted by Gasteiger charge is -2.09. The molecule has 0 atom stereocenters. The molecular formula is C14H22N2O5. The molecule has 1 aromatic rings. The average molecular weight is 298 g/mol. The normalized spacial score (nSPS) is 10.4. The predicted molar refractivity (Wildman–Crippen MR) is 80.1 cm³/mol. The van der Waals surface area contributed by atoms with Gasteiger partial charge in [-0.3, -0.25) is 10.1 Å². The van der Waals surface area contributed by atoms with Crippen LogP contribution in [0.5, 0.6) is 5.75 Å². The third-order valence-electron chi connectivity index (χ3n) is 2.86. The van der Waals surface area contributed by atoms with Crippen LogP contribution in [0.25, 0.3) is 0 Å². The van der Waals surface area contributed by atoms with E-state index in [1.807, 2.05) is 0 Å². The molecule has 0 bridgehead atoms. The van der Waals surface area contributed by atoms with Gasteiger partial charge in [0.1, 0.15) is 5.69 Å². The Hall–Kier alpha value is -1.86. The van der Waals surface area contributed by atoms with Crippen LogP contribution in [0, 0.1) is 10.1 Å². The van der Waals surface area contributed by atoms with Gasteiger partial charge in [0, 0.05) is 20.3 Å². The molecule has 118 valence electrons. The topological polar surface area (TPSA) is 82.9 Å². The quantitative estimate of drug-likeness (QED) is 0.384. The third-order valence-corrected chi connectivity index (χ3v) is 2.86. The van der Waals surface area contributed by atoms with Gasteiger partial charge < -0.3 is 19.5 Å². The summed E-state index contributed by atoms with van der Waals surface area (Å²) in [6.45, 7) is 2.48. The molecule has 0 aliphatic rings. The van der Waals surface area contributed by atoms with Crippen molar-refractivity contribution in [1.82, 2.24) is 0 Å². The maximum Gasteiger partial charge on any atom is 0.333 e. The van der Waals surface area contributed by atoms with Crippen LogP contribution in [0.1, 0.15) is 12.8 Å². The van der Waals surface area contributed by atoms with Gasteiger partial charge >= 0.3 is 5.69 Å². The zero-order chi connectivity index (χ0) is 15.5. The number of anilines is 1. The van der Waals surface area contributed by atoms with Gasteiger partial charge in [-0.05, 0) is 25.0 Å². The number of hydrogen-bond acceptors (Lipinski definition) is 6. The molecule has 21 heavy (non-hydrogen) atoms. The molecule has 0 saturated carbocycles. The number of nitrogens with one attached hydrogen (secondary N) is 1. The highest BCUT2D eigenvalue weighted by molar-refractivity contribution is 5.68. The Morgan fingerprint density at radius 2 is 2.00 bits per heavy atom. The van der Waals surface area contributed by atoms with Crippen molar-refractivity contribution in [3.8, 4) is 5.75 Å². The largest absolute Gasteiger partial charge is 0.490 e. The maximum absolute atomic E-state index is 11.1. The summed E-state index contributed by atoms with van der Waals surface area (Å²) in [6, 6.07) is 4.98. The number of methoxy groups -OCH3 is 2. The molecule has 0 radical (unpaired) electrons. The van der Waals surface area contributed by atoms with Crippen LogP contribution in [0.4, 0.5) is 11.4 Å². The maximum atomic E-state index is 11.1. The number of nitrogens with zero attached hydrogens (tertiary/aromatic N) is 1. The van der Waals surface area contributed by atoms with Crippen molar-refractivity contribution in [3.63, 3.8) is 0 Å². The second kappa shape index (κ2) is 9.95. The minimum atomic E-state index is -0.435. The molecule has 0 aliphatic heterocycles. The van der Waals surface area contributed by atoms with E-state index in [4.69, 9.17) is 14.2 Å². The van der Waals surface area contributed by atoms with E-state index in [0.717, 1.165) is 12.8 Å². The highest BCUT2D eigenvalue weighted by Crippen LogP contribution is 2.34. The minimum absolute atomic E-state index is 0.0312. The Morgan fingerprint density at radius 1 is 1.19 bits per heavy atom. The van der Waals surface area contributed by atoms with E-state index < -0.39 is 4.92 Å². The standard InChI is InChI=1S/C14H22N2O5/c1-19-10-11-21-9-4-3-8-15-12-6-5-7-13(20-2)14(12)16(17)18/h5-7,15H,3-4,8-11H2,1-2H3. The fraction of sp³-hybridized carbons (Fsp3) is 0.571. The molecule has 7 nitrogen and oxygen atoms in total. The fourth-order valence-electron chi connectivity index (χ4n) is 1.81. The van der Waals surface area contributed by atoms with E-state index in [2.05, 4.69) is 5.32 Å².